The third kappa shape index (κ3) is 6.86. The first-order valence-electron chi connectivity index (χ1n) is 4.72. The van der Waals surface area contributed by atoms with Crippen molar-refractivity contribution >= 4 is 44.1 Å². The number of rotatable bonds is 3. The quantitative estimate of drug-likeness (QED) is 0.456. The maximum Gasteiger partial charge on any atom is 0.337 e. The summed E-state index contributed by atoms with van der Waals surface area (Å²) >= 11 is 6.59. The average molecular weight is 383 g/mol. The lowest BCUT2D eigenvalue weighted by molar-refractivity contribution is -0.106. The molecule has 0 aliphatic rings. The number of esters is 1. The average Bonchev–Trinajstić information content (AvgIpc) is 2.37. The van der Waals surface area contributed by atoms with Crippen molar-refractivity contribution in [1.82, 2.24) is 4.98 Å². The number of halogens is 2. The Balaban J connectivity index is 0. The second-order valence-corrected chi connectivity index (χ2v) is 3.95. The van der Waals surface area contributed by atoms with E-state index in [0.717, 1.165) is 17.7 Å². The van der Waals surface area contributed by atoms with Crippen molar-refractivity contribution in [3.63, 3.8) is 0 Å². The summed E-state index contributed by atoms with van der Waals surface area (Å²) in [6, 6.07) is 3.43. The summed E-state index contributed by atoms with van der Waals surface area (Å²) in [5.74, 6) is -0.336. The third-order valence-corrected chi connectivity index (χ3v) is 2.78. The molecule has 0 aliphatic heterocycles. The van der Waals surface area contributed by atoms with Gasteiger partial charge >= 0.3 is 5.97 Å². The van der Waals surface area contributed by atoms with Gasteiger partial charge in [-0.3, -0.25) is 4.98 Å². The molecule has 1 aromatic heterocycles. The lowest BCUT2D eigenvalue weighted by atomic mass is 10.2. The van der Waals surface area contributed by atoms with Gasteiger partial charge < -0.3 is 9.53 Å². The molecule has 0 amide bonds. The van der Waals surface area contributed by atoms with Crippen LogP contribution in [0.3, 0.4) is 0 Å². The molecule has 0 bridgehead atoms. The number of aldehydes is 1. The summed E-state index contributed by atoms with van der Waals surface area (Å²) in [6.45, 7) is 1.44. The van der Waals surface area contributed by atoms with Crippen molar-refractivity contribution in [1.29, 1.82) is 0 Å². The molecule has 0 N–H and O–H groups in total. The zero-order valence-corrected chi connectivity index (χ0v) is 12.7. The van der Waals surface area contributed by atoms with E-state index in [-0.39, 0.29) is 13.4 Å². The fourth-order valence-corrected chi connectivity index (χ4v) is 1.60. The maximum atomic E-state index is 11.3. The lowest BCUT2D eigenvalue weighted by Gasteiger charge is -2.04. The lowest BCUT2D eigenvalue weighted by Crippen LogP contribution is -2.04. The van der Waals surface area contributed by atoms with Gasteiger partial charge in [0, 0.05) is 10.7 Å². The smallest absolute Gasteiger partial charge is 0.337 e. The van der Waals surface area contributed by atoms with Crippen LogP contribution in [0.5, 0.6) is 0 Å². The minimum absolute atomic E-state index is 0. The Morgan fingerprint density at radius 3 is 2.00 bits per heavy atom. The molecule has 4 nitrogen and oxygen atoms in total. The van der Waals surface area contributed by atoms with Gasteiger partial charge in [0.2, 0.25) is 0 Å². The van der Waals surface area contributed by atoms with Crippen molar-refractivity contribution in [2.45, 2.75) is 25.0 Å². The van der Waals surface area contributed by atoms with E-state index in [4.69, 9.17) is 4.79 Å². The zero-order chi connectivity index (χ0) is 13.3. The molecule has 0 saturated carbocycles. The van der Waals surface area contributed by atoms with Crippen molar-refractivity contribution in [2.24, 2.45) is 0 Å². The molecular weight excluding hydrogens is 366 g/mol. The first kappa shape index (κ1) is 19.6. The normalized spacial score (nSPS) is 8.44. The molecular formula is C12H17Br2NO3. The minimum Gasteiger partial charge on any atom is -0.465 e. The molecule has 0 aromatic carbocycles. The largest absolute Gasteiger partial charge is 0.465 e. The number of hydrogen-bond acceptors (Lipinski definition) is 4. The summed E-state index contributed by atoms with van der Waals surface area (Å²) < 4.78 is 4.64. The van der Waals surface area contributed by atoms with Crippen molar-refractivity contribution in [2.75, 3.05) is 7.11 Å². The van der Waals surface area contributed by atoms with E-state index in [9.17, 15) is 4.79 Å². The first-order chi connectivity index (χ1) is 8.12. The Morgan fingerprint density at radius 2 is 1.72 bits per heavy atom. The number of nitrogens with zero attached hydrogens (tertiary/aromatic N) is 1. The zero-order valence-electron chi connectivity index (χ0n) is 9.57. The molecule has 0 spiro atoms. The molecule has 102 valence electrons. The van der Waals surface area contributed by atoms with Gasteiger partial charge in [-0.15, -0.1) is 0 Å². The SMILES string of the molecule is C.CC=O.COC(=O)c1cc(CBr)nc(CBr)c1. The van der Waals surface area contributed by atoms with Gasteiger partial charge in [0.25, 0.3) is 0 Å². The summed E-state index contributed by atoms with van der Waals surface area (Å²) in [6.07, 6.45) is 0.750. The van der Waals surface area contributed by atoms with Crippen LogP contribution in [0.4, 0.5) is 0 Å². The standard InChI is InChI=1S/C9H9Br2NO2.C2H4O.CH4/c1-14-9(13)6-2-7(4-10)12-8(3-6)5-11;1-2-3;/h2-3H,4-5H2,1H3;2H,1H3;1H4. The molecule has 0 aliphatic carbocycles. The van der Waals surface area contributed by atoms with Gasteiger partial charge in [0.05, 0.1) is 24.1 Å². The van der Waals surface area contributed by atoms with Crippen molar-refractivity contribution in [3.05, 3.63) is 29.1 Å². The fraction of sp³-hybridized carbons (Fsp3) is 0.417. The second-order valence-electron chi connectivity index (χ2n) is 2.83. The Kier molecular flexibility index (Phi) is 12.3. The summed E-state index contributed by atoms with van der Waals surface area (Å²) in [5.41, 5.74) is 2.18. The highest BCUT2D eigenvalue weighted by molar-refractivity contribution is 9.08. The number of pyridine rings is 1. The van der Waals surface area contributed by atoms with Gasteiger partial charge in [-0.05, 0) is 19.1 Å². The first-order valence-corrected chi connectivity index (χ1v) is 6.97. The van der Waals surface area contributed by atoms with E-state index in [1.165, 1.54) is 14.0 Å². The number of methoxy groups -OCH3 is 1. The maximum absolute atomic E-state index is 11.3. The van der Waals surface area contributed by atoms with Crippen LogP contribution < -0.4 is 0 Å². The van der Waals surface area contributed by atoms with E-state index in [0.29, 0.717) is 16.2 Å². The number of carbonyl (C=O) groups excluding carboxylic acids is 2. The van der Waals surface area contributed by atoms with Gasteiger partial charge in [-0.2, -0.15) is 0 Å². The second kappa shape index (κ2) is 11.3. The minimum atomic E-state index is -0.336. The van der Waals surface area contributed by atoms with Crippen LogP contribution in [0.1, 0.15) is 36.1 Å². The van der Waals surface area contributed by atoms with Gasteiger partial charge in [0.15, 0.2) is 0 Å². The number of alkyl halides is 2. The van der Waals surface area contributed by atoms with Crippen LogP contribution in [-0.4, -0.2) is 24.3 Å². The van der Waals surface area contributed by atoms with Crippen LogP contribution in [0.2, 0.25) is 0 Å². The van der Waals surface area contributed by atoms with Gasteiger partial charge in [0.1, 0.15) is 6.29 Å². The van der Waals surface area contributed by atoms with Gasteiger partial charge in [-0.25, -0.2) is 4.79 Å². The molecule has 0 atom stereocenters. The van der Waals surface area contributed by atoms with Crippen LogP contribution in [0, 0.1) is 0 Å². The van der Waals surface area contributed by atoms with Crippen LogP contribution in [-0.2, 0) is 20.2 Å². The number of aromatic nitrogens is 1. The molecule has 0 fully saturated rings. The van der Waals surface area contributed by atoms with Gasteiger partial charge in [-0.1, -0.05) is 39.3 Å². The number of hydrogen-bond donors (Lipinski definition) is 0. The van der Waals surface area contributed by atoms with E-state index in [1.807, 2.05) is 0 Å². The van der Waals surface area contributed by atoms with Crippen LogP contribution in [0.15, 0.2) is 12.1 Å². The van der Waals surface area contributed by atoms with Crippen molar-refractivity contribution < 1.29 is 14.3 Å². The Morgan fingerprint density at radius 1 is 1.33 bits per heavy atom. The summed E-state index contributed by atoms with van der Waals surface area (Å²) in [4.78, 5) is 24.4. The van der Waals surface area contributed by atoms with Crippen LogP contribution in [0.25, 0.3) is 0 Å². The summed E-state index contributed by atoms with van der Waals surface area (Å²) in [5, 5.41) is 1.25. The van der Waals surface area contributed by atoms with E-state index in [2.05, 4.69) is 41.6 Å². The molecule has 0 radical (unpaired) electrons. The Labute approximate surface area is 124 Å². The molecule has 6 heteroatoms. The molecule has 1 rings (SSSR count). The number of carbonyl (C=O) groups is 2. The molecule has 1 aromatic rings. The van der Waals surface area contributed by atoms with E-state index >= 15 is 0 Å². The summed E-state index contributed by atoms with van der Waals surface area (Å²) in [7, 11) is 1.37. The highest BCUT2D eigenvalue weighted by Gasteiger charge is 2.08. The number of ether oxygens (including phenoxy) is 1. The predicted molar refractivity (Wildman–Crippen MR) is 79.3 cm³/mol. The molecule has 0 saturated heterocycles. The predicted octanol–water partition coefficient (Wildman–Crippen LogP) is 3.50. The van der Waals surface area contributed by atoms with Crippen LogP contribution >= 0.6 is 31.9 Å². The molecule has 18 heavy (non-hydrogen) atoms. The van der Waals surface area contributed by atoms with Crippen molar-refractivity contribution in [3.8, 4) is 0 Å². The Bertz CT molecular complexity index is 361. The third-order valence-electron chi connectivity index (χ3n) is 1.63. The topological polar surface area (TPSA) is 56.3 Å². The monoisotopic (exact) mass is 381 g/mol. The highest BCUT2D eigenvalue weighted by atomic mass is 79.9. The molecule has 1 heterocycles. The van der Waals surface area contributed by atoms with E-state index in [1.54, 1.807) is 12.1 Å². The van der Waals surface area contributed by atoms with E-state index < -0.39 is 0 Å². The fourth-order valence-electron chi connectivity index (χ4n) is 1.02. The molecule has 0 unspecified atom stereocenters. The Hall–Kier alpha value is -0.750. The highest BCUT2D eigenvalue weighted by Crippen LogP contribution is 2.12.